The van der Waals surface area contributed by atoms with Crippen molar-refractivity contribution in [2.75, 3.05) is 7.05 Å². The maximum Gasteiger partial charge on any atom is 0.106 e. The molecule has 14 heavy (non-hydrogen) atoms. The highest BCUT2D eigenvalue weighted by atomic mass is 16.3. The number of nitrogens with one attached hydrogen (secondary N) is 1. The van der Waals surface area contributed by atoms with Crippen LogP contribution >= 0.6 is 0 Å². The zero-order valence-electron chi connectivity index (χ0n) is 8.60. The highest BCUT2D eigenvalue weighted by Gasteiger charge is 2.13. The number of carbonyl (C=O) groups excluding carboxylic acids is 1. The Hall–Kier alpha value is -1.19. The third kappa shape index (κ3) is 3.68. The Labute approximate surface area is 84.8 Å². The number of aliphatic hydroxyl groups excluding tert-OH is 1. The van der Waals surface area contributed by atoms with Crippen molar-refractivity contribution in [2.45, 2.75) is 19.1 Å². The third-order valence-corrected chi connectivity index (χ3v) is 1.95. The summed E-state index contributed by atoms with van der Waals surface area (Å²) in [5, 5.41) is 12.5. The van der Waals surface area contributed by atoms with Gasteiger partial charge in [0, 0.05) is 0 Å². The molecule has 2 atom stereocenters. The maximum atomic E-state index is 9.40. The van der Waals surface area contributed by atoms with Crippen LogP contribution in [0.25, 0.3) is 0 Å². The lowest BCUT2D eigenvalue weighted by Crippen LogP contribution is -2.26. The van der Waals surface area contributed by atoms with Crippen LogP contribution in [0.15, 0.2) is 30.3 Å². The van der Waals surface area contributed by atoms with Crippen molar-refractivity contribution in [2.24, 2.45) is 0 Å². The first-order chi connectivity index (χ1) is 6.75. The molecule has 0 aliphatic carbocycles. The van der Waals surface area contributed by atoms with E-state index in [9.17, 15) is 5.11 Å². The van der Waals surface area contributed by atoms with Gasteiger partial charge in [0.15, 0.2) is 0 Å². The van der Waals surface area contributed by atoms with Gasteiger partial charge >= 0.3 is 0 Å². The summed E-state index contributed by atoms with van der Waals surface area (Å²) in [6, 6.07) is 9.97. The van der Waals surface area contributed by atoms with Gasteiger partial charge < -0.3 is 15.2 Å². The van der Waals surface area contributed by atoms with Gasteiger partial charge in [0.1, 0.15) is 6.79 Å². The summed E-state index contributed by atoms with van der Waals surface area (Å²) in [6.45, 7) is 3.79. The molecule has 0 fully saturated rings. The first-order valence-electron chi connectivity index (χ1n) is 4.45. The van der Waals surface area contributed by atoms with Gasteiger partial charge in [-0.25, -0.2) is 0 Å². The molecular weight excluding hydrogens is 178 g/mol. The second-order valence-corrected chi connectivity index (χ2v) is 2.92. The van der Waals surface area contributed by atoms with Crippen LogP contribution in [-0.4, -0.2) is 25.0 Å². The monoisotopic (exact) mass is 195 g/mol. The van der Waals surface area contributed by atoms with Gasteiger partial charge in [-0.1, -0.05) is 30.3 Å². The molecule has 2 N–H and O–H groups in total. The van der Waals surface area contributed by atoms with Gasteiger partial charge in [-0.05, 0) is 19.5 Å². The molecule has 3 heteroatoms. The molecule has 0 saturated carbocycles. The third-order valence-electron chi connectivity index (χ3n) is 1.95. The minimum atomic E-state index is -0.364. The molecule has 0 aliphatic rings. The van der Waals surface area contributed by atoms with Crippen molar-refractivity contribution in [1.82, 2.24) is 5.32 Å². The quantitative estimate of drug-likeness (QED) is 0.760. The zero-order valence-corrected chi connectivity index (χ0v) is 8.60. The van der Waals surface area contributed by atoms with Crippen molar-refractivity contribution >= 4 is 6.79 Å². The first-order valence-corrected chi connectivity index (χ1v) is 4.45. The summed E-state index contributed by atoms with van der Waals surface area (Å²) in [5.41, 5.74) is 1.12. The second-order valence-electron chi connectivity index (χ2n) is 2.92. The molecule has 0 radical (unpaired) electrons. The Bertz CT molecular complexity index is 236. The molecule has 0 saturated heterocycles. The number of benzene rings is 1. The predicted octanol–water partition coefficient (Wildman–Crippen LogP) is 1.14. The molecular formula is C11H17NO2. The van der Waals surface area contributed by atoms with Crippen LogP contribution in [0.1, 0.15) is 18.5 Å². The van der Waals surface area contributed by atoms with Crippen molar-refractivity contribution in [1.29, 1.82) is 0 Å². The SMILES string of the molecule is C=O.CN[C@@H](c1ccccc1)[C@H](C)O. The van der Waals surface area contributed by atoms with E-state index in [1.54, 1.807) is 6.92 Å². The van der Waals surface area contributed by atoms with Gasteiger partial charge in [0.25, 0.3) is 0 Å². The van der Waals surface area contributed by atoms with Crippen LogP contribution in [0, 0.1) is 0 Å². The number of hydrogen-bond acceptors (Lipinski definition) is 3. The molecule has 0 aromatic heterocycles. The molecule has 0 heterocycles. The Morgan fingerprint density at radius 1 is 1.29 bits per heavy atom. The lowest BCUT2D eigenvalue weighted by atomic mass is 10.0. The molecule has 0 bridgehead atoms. The van der Waals surface area contributed by atoms with E-state index in [-0.39, 0.29) is 12.1 Å². The number of carbonyl (C=O) groups is 1. The topological polar surface area (TPSA) is 49.3 Å². The number of rotatable bonds is 3. The number of hydrogen-bond donors (Lipinski definition) is 2. The molecule has 0 unspecified atom stereocenters. The molecule has 78 valence electrons. The van der Waals surface area contributed by atoms with E-state index in [4.69, 9.17) is 4.79 Å². The van der Waals surface area contributed by atoms with Crippen LogP contribution in [0.4, 0.5) is 0 Å². The van der Waals surface area contributed by atoms with Gasteiger partial charge in [-0.3, -0.25) is 0 Å². The van der Waals surface area contributed by atoms with Gasteiger partial charge in [0.05, 0.1) is 12.1 Å². The summed E-state index contributed by atoms with van der Waals surface area (Å²) >= 11 is 0. The van der Waals surface area contributed by atoms with Crippen molar-refractivity contribution in [3.05, 3.63) is 35.9 Å². The van der Waals surface area contributed by atoms with Crippen LogP contribution in [-0.2, 0) is 4.79 Å². The maximum absolute atomic E-state index is 9.40. The minimum absolute atomic E-state index is 0.0335. The van der Waals surface area contributed by atoms with Crippen molar-refractivity contribution in [3.8, 4) is 0 Å². The largest absolute Gasteiger partial charge is 0.391 e. The van der Waals surface area contributed by atoms with Gasteiger partial charge in [-0.2, -0.15) is 0 Å². The summed E-state index contributed by atoms with van der Waals surface area (Å²) < 4.78 is 0. The fraction of sp³-hybridized carbons (Fsp3) is 0.364. The van der Waals surface area contributed by atoms with E-state index in [0.717, 1.165) is 5.56 Å². The van der Waals surface area contributed by atoms with E-state index in [0.29, 0.717) is 0 Å². The molecule has 1 aromatic carbocycles. The van der Waals surface area contributed by atoms with Gasteiger partial charge in [0.2, 0.25) is 0 Å². The Morgan fingerprint density at radius 2 is 1.79 bits per heavy atom. The second kappa shape index (κ2) is 7.24. The van der Waals surface area contributed by atoms with E-state index in [2.05, 4.69) is 5.32 Å². The Morgan fingerprint density at radius 3 is 2.14 bits per heavy atom. The van der Waals surface area contributed by atoms with Crippen LogP contribution < -0.4 is 5.32 Å². The summed E-state index contributed by atoms with van der Waals surface area (Å²) in [7, 11) is 1.85. The van der Waals surface area contributed by atoms with Crippen LogP contribution in [0.3, 0.4) is 0 Å². The Kier molecular flexibility index (Phi) is 6.62. The van der Waals surface area contributed by atoms with Crippen LogP contribution in [0.2, 0.25) is 0 Å². The number of aliphatic hydroxyl groups is 1. The number of likely N-dealkylation sites (N-methyl/N-ethyl adjacent to an activating group) is 1. The fourth-order valence-electron chi connectivity index (χ4n) is 1.35. The van der Waals surface area contributed by atoms with Gasteiger partial charge in [-0.15, -0.1) is 0 Å². The van der Waals surface area contributed by atoms with Crippen molar-refractivity contribution in [3.63, 3.8) is 0 Å². The van der Waals surface area contributed by atoms with E-state index in [1.165, 1.54) is 0 Å². The highest BCUT2D eigenvalue weighted by molar-refractivity contribution is 5.19. The Balaban J connectivity index is 0.000000791. The lowest BCUT2D eigenvalue weighted by Gasteiger charge is -2.19. The smallest absolute Gasteiger partial charge is 0.106 e. The van der Waals surface area contributed by atoms with E-state index < -0.39 is 0 Å². The average Bonchev–Trinajstić information content (AvgIpc) is 2.23. The summed E-state index contributed by atoms with van der Waals surface area (Å²) in [5.74, 6) is 0. The van der Waals surface area contributed by atoms with Crippen LogP contribution in [0.5, 0.6) is 0 Å². The molecule has 3 nitrogen and oxygen atoms in total. The highest BCUT2D eigenvalue weighted by Crippen LogP contribution is 2.15. The normalized spacial score (nSPS) is 13.6. The fourth-order valence-corrected chi connectivity index (χ4v) is 1.35. The standard InChI is InChI=1S/C10H15NO.CH2O/c1-8(12)10(11-2)9-6-4-3-5-7-9;1-2/h3-8,10-12H,1-2H3;1H2/t8-,10+;/m0./s1. The average molecular weight is 195 g/mol. The van der Waals surface area contributed by atoms with E-state index >= 15 is 0 Å². The predicted molar refractivity (Wildman–Crippen MR) is 57.0 cm³/mol. The molecule has 0 amide bonds. The minimum Gasteiger partial charge on any atom is -0.391 e. The van der Waals surface area contributed by atoms with E-state index in [1.807, 2.05) is 44.2 Å². The summed E-state index contributed by atoms with van der Waals surface area (Å²) in [6.07, 6.45) is -0.364. The summed E-state index contributed by atoms with van der Waals surface area (Å²) in [4.78, 5) is 8.00. The zero-order chi connectivity index (χ0) is 11.0. The molecule has 1 rings (SSSR count). The molecule has 0 spiro atoms. The first kappa shape index (κ1) is 12.8. The molecule has 1 aromatic rings. The lowest BCUT2D eigenvalue weighted by molar-refractivity contribution is -0.0979. The van der Waals surface area contributed by atoms with Crippen molar-refractivity contribution < 1.29 is 9.90 Å². The molecule has 0 aliphatic heterocycles.